The minimum absolute atomic E-state index is 0.0837. The molecule has 0 radical (unpaired) electrons. The summed E-state index contributed by atoms with van der Waals surface area (Å²) in [4.78, 5) is 14.9. The molecule has 1 aliphatic rings. The third-order valence-corrected chi connectivity index (χ3v) is 5.67. The molecule has 24 heavy (non-hydrogen) atoms. The first-order valence-corrected chi connectivity index (χ1v) is 9.84. The summed E-state index contributed by atoms with van der Waals surface area (Å²) in [5.41, 5.74) is 1.08. The van der Waals surface area contributed by atoms with Gasteiger partial charge in [0.05, 0.1) is 17.5 Å². The highest BCUT2D eigenvalue weighted by Gasteiger charge is 2.30. The first kappa shape index (κ1) is 16.7. The van der Waals surface area contributed by atoms with E-state index in [1.54, 1.807) is 25.3 Å². The van der Waals surface area contributed by atoms with Gasteiger partial charge in [0.2, 0.25) is 0 Å². The van der Waals surface area contributed by atoms with Gasteiger partial charge in [-0.15, -0.1) is 0 Å². The number of sulfone groups is 1. The molecule has 7 heteroatoms. The van der Waals surface area contributed by atoms with Crippen molar-refractivity contribution in [2.24, 2.45) is 0 Å². The molecule has 1 atom stereocenters. The summed E-state index contributed by atoms with van der Waals surface area (Å²) in [6.45, 7) is 3.08. The van der Waals surface area contributed by atoms with Crippen LogP contribution in [0.1, 0.15) is 28.8 Å². The lowest BCUT2D eigenvalue weighted by atomic mass is 10.1. The monoisotopic (exact) mass is 347 g/mol. The zero-order valence-electron chi connectivity index (χ0n) is 13.8. The second-order valence-electron chi connectivity index (χ2n) is 6.28. The number of rotatable bonds is 4. The van der Waals surface area contributed by atoms with E-state index in [0.29, 0.717) is 24.2 Å². The number of likely N-dealkylation sites (tertiary alicyclic amines) is 1. The maximum Gasteiger partial charge on any atom is 0.254 e. The molecule has 1 saturated heterocycles. The van der Waals surface area contributed by atoms with Gasteiger partial charge in [0, 0.05) is 30.8 Å². The largest absolute Gasteiger partial charge is 0.334 e. The van der Waals surface area contributed by atoms with E-state index < -0.39 is 9.84 Å². The van der Waals surface area contributed by atoms with Crippen LogP contribution < -0.4 is 0 Å². The van der Waals surface area contributed by atoms with Crippen molar-refractivity contribution in [2.75, 3.05) is 12.8 Å². The number of carbonyl (C=O) groups is 1. The standard InChI is InChI=1S/C17H21N3O3S/c1-13-6-7-14(11-16(13)24(2,22)23)17(21)20-10-3-5-15(20)12-19-9-4-8-18-19/h4,6-9,11,15H,3,5,10,12H2,1-2H3/t15-/m0/s1. The lowest BCUT2D eigenvalue weighted by Crippen LogP contribution is -2.38. The summed E-state index contributed by atoms with van der Waals surface area (Å²) in [5.74, 6) is -0.116. The Hall–Kier alpha value is -2.15. The average Bonchev–Trinajstić information content (AvgIpc) is 3.18. The zero-order chi connectivity index (χ0) is 17.3. The highest BCUT2D eigenvalue weighted by molar-refractivity contribution is 7.90. The van der Waals surface area contributed by atoms with Crippen LogP contribution in [0.2, 0.25) is 0 Å². The molecule has 3 rings (SSSR count). The molecular formula is C17H21N3O3S. The van der Waals surface area contributed by atoms with Gasteiger partial charge < -0.3 is 4.90 Å². The van der Waals surface area contributed by atoms with E-state index in [4.69, 9.17) is 0 Å². The molecule has 0 bridgehead atoms. The van der Waals surface area contributed by atoms with Gasteiger partial charge in [-0.2, -0.15) is 5.10 Å². The van der Waals surface area contributed by atoms with Crippen molar-refractivity contribution in [3.05, 3.63) is 47.8 Å². The van der Waals surface area contributed by atoms with Crippen LogP contribution in [0.3, 0.4) is 0 Å². The van der Waals surface area contributed by atoms with Crippen LogP contribution in [-0.2, 0) is 16.4 Å². The smallest absolute Gasteiger partial charge is 0.254 e. The van der Waals surface area contributed by atoms with Gasteiger partial charge in [-0.25, -0.2) is 8.42 Å². The van der Waals surface area contributed by atoms with Gasteiger partial charge in [-0.3, -0.25) is 9.48 Å². The van der Waals surface area contributed by atoms with Crippen molar-refractivity contribution in [2.45, 2.75) is 37.2 Å². The first-order valence-electron chi connectivity index (χ1n) is 7.95. The van der Waals surface area contributed by atoms with Crippen LogP contribution in [0.5, 0.6) is 0 Å². The molecule has 0 N–H and O–H groups in total. The number of nitrogens with zero attached hydrogens (tertiary/aromatic N) is 3. The quantitative estimate of drug-likeness (QED) is 0.847. The van der Waals surface area contributed by atoms with Gasteiger partial charge in [0.25, 0.3) is 5.91 Å². The van der Waals surface area contributed by atoms with E-state index >= 15 is 0 Å². The van der Waals surface area contributed by atoms with Crippen LogP contribution in [0.4, 0.5) is 0 Å². The van der Waals surface area contributed by atoms with Crippen molar-refractivity contribution < 1.29 is 13.2 Å². The molecule has 1 aliphatic heterocycles. The third kappa shape index (κ3) is 3.36. The summed E-state index contributed by atoms with van der Waals surface area (Å²) in [7, 11) is -3.35. The summed E-state index contributed by atoms with van der Waals surface area (Å²) >= 11 is 0. The maximum absolute atomic E-state index is 12.9. The highest BCUT2D eigenvalue weighted by Crippen LogP contribution is 2.24. The number of aromatic nitrogens is 2. The maximum atomic E-state index is 12.9. The molecule has 2 heterocycles. The Morgan fingerprint density at radius 2 is 2.17 bits per heavy atom. The van der Waals surface area contributed by atoms with Gasteiger partial charge in [0.1, 0.15) is 0 Å². The summed E-state index contributed by atoms with van der Waals surface area (Å²) in [6, 6.07) is 6.84. The first-order chi connectivity index (χ1) is 11.4. The third-order valence-electron chi connectivity index (χ3n) is 4.43. The summed E-state index contributed by atoms with van der Waals surface area (Å²) in [5, 5.41) is 4.20. The molecule has 1 aromatic carbocycles. The van der Waals surface area contributed by atoms with E-state index in [1.807, 2.05) is 21.8 Å². The van der Waals surface area contributed by atoms with Crippen LogP contribution in [0.25, 0.3) is 0 Å². The van der Waals surface area contributed by atoms with Gasteiger partial charge in [-0.1, -0.05) is 6.07 Å². The number of hydrogen-bond acceptors (Lipinski definition) is 4. The average molecular weight is 347 g/mol. The van der Waals surface area contributed by atoms with E-state index in [9.17, 15) is 13.2 Å². The molecule has 0 unspecified atom stereocenters. The van der Waals surface area contributed by atoms with Crippen LogP contribution in [0.15, 0.2) is 41.6 Å². The van der Waals surface area contributed by atoms with Crippen molar-refractivity contribution in [1.29, 1.82) is 0 Å². The van der Waals surface area contributed by atoms with Crippen molar-refractivity contribution in [1.82, 2.24) is 14.7 Å². The van der Waals surface area contributed by atoms with Crippen LogP contribution in [-0.4, -0.2) is 47.8 Å². The molecule has 1 amide bonds. The number of carbonyl (C=O) groups excluding carboxylic acids is 1. The van der Waals surface area contributed by atoms with E-state index in [0.717, 1.165) is 12.8 Å². The molecule has 1 fully saturated rings. The van der Waals surface area contributed by atoms with Gasteiger partial charge >= 0.3 is 0 Å². The number of aryl methyl sites for hydroxylation is 1. The van der Waals surface area contributed by atoms with Crippen molar-refractivity contribution >= 4 is 15.7 Å². The zero-order valence-corrected chi connectivity index (χ0v) is 14.7. The van der Waals surface area contributed by atoms with Crippen molar-refractivity contribution in [3.63, 3.8) is 0 Å². The predicted octanol–water partition coefficient (Wildman–Crippen LogP) is 1.90. The topological polar surface area (TPSA) is 72.3 Å². The Labute approximate surface area is 142 Å². The molecule has 0 spiro atoms. The van der Waals surface area contributed by atoms with Crippen LogP contribution >= 0.6 is 0 Å². The molecule has 2 aromatic rings. The fourth-order valence-electron chi connectivity index (χ4n) is 3.22. The van der Waals surface area contributed by atoms with E-state index in [2.05, 4.69) is 5.10 Å². The molecule has 1 aromatic heterocycles. The Kier molecular flexibility index (Phi) is 4.45. The second kappa shape index (κ2) is 6.39. The molecular weight excluding hydrogens is 326 g/mol. The Morgan fingerprint density at radius 3 is 2.83 bits per heavy atom. The number of hydrogen-bond donors (Lipinski definition) is 0. The molecule has 6 nitrogen and oxygen atoms in total. The normalized spacial score (nSPS) is 18.1. The highest BCUT2D eigenvalue weighted by atomic mass is 32.2. The predicted molar refractivity (Wildman–Crippen MR) is 90.6 cm³/mol. The summed E-state index contributed by atoms with van der Waals surface area (Å²) in [6.07, 6.45) is 6.65. The Balaban J connectivity index is 1.85. The molecule has 0 saturated carbocycles. The minimum Gasteiger partial charge on any atom is -0.334 e. The SMILES string of the molecule is Cc1ccc(C(=O)N2CCC[C@H]2Cn2cccn2)cc1S(C)(=O)=O. The fourth-order valence-corrected chi connectivity index (χ4v) is 4.21. The second-order valence-corrected chi connectivity index (χ2v) is 8.26. The number of amides is 1. The van der Waals surface area contributed by atoms with E-state index in [-0.39, 0.29) is 16.8 Å². The fraction of sp³-hybridized carbons (Fsp3) is 0.412. The Morgan fingerprint density at radius 1 is 1.38 bits per heavy atom. The number of benzene rings is 1. The van der Waals surface area contributed by atoms with Crippen molar-refractivity contribution in [3.8, 4) is 0 Å². The van der Waals surface area contributed by atoms with Gasteiger partial charge in [-0.05, 0) is 43.5 Å². The lowest BCUT2D eigenvalue weighted by Gasteiger charge is -2.25. The molecule has 128 valence electrons. The Bertz CT molecular complexity index is 844. The minimum atomic E-state index is -3.35. The lowest BCUT2D eigenvalue weighted by molar-refractivity contribution is 0.0721. The van der Waals surface area contributed by atoms with Gasteiger partial charge in [0.15, 0.2) is 9.84 Å². The molecule has 0 aliphatic carbocycles. The van der Waals surface area contributed by atoms with Crippen LogP contribution in [0, 0.1) is 6.92 Å². The summed E-state index contributed by atoms with van der Waals surface area (Å²) < 4.78 is 25.6. The van der Waals surface area contributed by atoms with E-state index in [1.165, 1.54) is 12.3 Å².